The highest BCUT2D eigenvalue weighted by atomic mass is 16.5. The molecular formula is C17H16N2O2. The third-order valence-electron chi connectivity index (χ3n) is 3.55. The molecule has 1 heterocycles. The molecule has 2 aromatic carbocycles. The number of nitrogen functional groups attached to an aromatic ring is 1. The van der Waals surface area contributed by atoms with E-state index < -0.39 is 0 Å². The Balaban J connectivity index is 2.15. The lowest BCUT2D eigenvalue weighted by molar-refractivity contribution is 0.103. The second-order valence-electron chi connectivity index (χ2n) is 5.04. The van der Waals surface area contributed by atoms with Gasteiger partial charge in [-0.05, 0) is 31.2 Å². The lowest BCUT2D eigenvalue weighted by Crippen LogP contribution is -2.04. The molecule has 0 atom stereocenters. The smallest absolute Gasteiger partial charge is 0.198 e. The molecule has 0 spiro atoms. The van der Waals surface area contributed by atoms with E-state index in [1.807, 2.05) is 25.1 Å². The topological polar surface area (TPSA) is 68.1 Å². The summed E-state index contributed by atoms with van der Waals surface area (Å²) in [4.78, 5) is 15.9. The number of ketones is 1. The molecule has 0 saturated carbocycles. The number of carbonyl (C=O) groups is 1. The van der Waals surface area contributed by atoms with Crippen LogP contribution in [0.3, 0.4) is 0 Å². The van der Waals surface area contributed by atoms with Crippen LogP contribution in [0, 0.1) is 6.92 Å². The number of aryl methyl sites for hydroxylation is 1. The summed E-state index contributed by atoms with van der Waals surface area (Å²) in [6, 6.07) is 11.1. The molecule has 0 unspecified atom stereocenters. The first-order valence-electron chi connectivity index (χ1n) is 6.66. The van der Waals surface area contributed by atoms with Crippen molar-refractivity contribution in [3.8, 4) is 5.75 Å². The van der Waals surface area contributed by atoms with Gasteiger partial charge in [-0.1, -0.05) is 11.6 Å². The minimum absolute atomic E-state index is 0.0799. The van der Waals surface area contributed by atoms with Gasteiger partial charge >= 0.3 is 0 Å². The molecule has 0 aliphatic carbocycles. The second-order valence-corrected chi connectivity index (χ2v) is 5.04. The number of methoxy groups -OCH3 is 1. The van der Waals surface area contributed by atoms with Crippen LogP contribution in [0.25, 0.3) is 10.9 Å². The summed E-state index contributed by atoms with van der Waals surface area (Å²) in [5, 5.41) is 0.916. The first-order valence-corrected chi connectivity index (χ1v) is 6.66. The number of ether oxygens (including phenoxy) is 1. The Bertz CT molecular complexity index is 834. The zero-order valence-electron chi connectivity index (χ0n) is 11.9. The molecule has 3 rings (SSSR count). The van der Waals surface area contributed by atoms with Crippen LogP contribution in [0.1, 0.15) is 21.5 Å². The zero-order chi connectivity index (χ0) is 15.0. The van der Waals surface area contributed by atoms with Gasteiger partial charge in [0.15, 0.2) is 5.78 Å². The number of rotatable bonds is 3. The fourth-order valence-electron chi connectivity index (χ4n) is 2.46. The summed E-state index contributed by atoms with van der Waals surface area (Å²) in [6.07, 6.45) is 1.74. The molecule has 3 N–H and O–H groups in total. The van der Waals surface area contributed by atoms with Crippen molar-refractivity contribution in [2.24, 2.45) is 0 Å². The molecule has 4 heteroatoms. The van der Waals surface area contributed by atoms with E-state index in [4.69, 9.17) is 10.5 Å². The summed E-state index contributed by atoms with van der Waals surface area (Å²) in [6.45, 7) is 2.00. The van der Waals surface area contributed by atoms with Crippen LogP contribution in [0.2, 0.25) is 0 Å². The van der Waals surface area contributed by atoms with Crippen LogP contribution < -0.4 is 10.5 Å². The van der Waals surface area contributed by atoms with Gasteiger partial charge in [0.25, 0.3) is 0 Å². The van der Waals surface area contributed by atoms with Crippen LogP contribution >= 0.6 is 0 Å². The maximum absolute atomic E-state index is 12.8. The fourth-order valence-corrected chi connectivity index (χ4v) is 2.46. The van der Waals surface area contributed by atoms with Gasteiger partial charge in [-0.2, -0.15) is 0 Å². The van der Waals surface area contributed by atoms with Crippen molar-refractivity contribution in [1.29, 1.82) is 0 Å². The van der Waals surface area contributed by atoms with Gasteiger partial charge in [0.1, 0.15) is 5.75 Å². The van der Waals surface area contributed by atoms with Crippen LogP contribution in [-0.2, 0) is 0 Å². The molecule has 21 heavy (non-hydrogen) atoms. The number of nitrogens with one attached hydrogen (secondary N) is 1. The summed E-state index contributed by atoms with van der Waals surface area (Å²) in [5.74, 6) is 0.408. The Morgan fingerprint density at radius 2 is 1.95 bits per heavy atom. The first kappa shape index (κ1) is 13.2. The highest BCUT2D eigenvalue weighted by molar-refractivity contribution is 6.17. The maximum atomic E-state index is 12.8. The van der Waals surface area contributed by atoms with E-state index in [9.17, 15) is 4.79 Å². The quantitative estimate of drug-likeness (QED) is 0.571. The highest BCUT2D eigenvalue weighted by Gasteiger charge is 2.18. The number of aromatic amines is 1. The average Bonchev–Trinajstić information content (AvgIpc) is 2.89. The number of H-pyrrole nitrogens is 1. The van der Waals surface area contributed by atoms with Crippen LogP contribution in [0.15, 0.2) is 42.6 Å². The molecule has 0 aliphatic rings. The van der Waals surface area contributed by atoms with Crippen LogP contribution in [0.5, 0.6) is 5.75 Å². The third kappa shape index (κ3) is 2.25. The molecule has 4 nitrogen and oxygen atoms in total. The van der Waals surface area contributed by atoms with Crippen molar-refractivity contribution >= 4 is 22.4 Å². The summed E-state index contributed by atoms with van der Waals surface area (Å²) < 4.78 is 5.27. The largest absolute Gasteiger partial charge is 0.496 e. The number of hydrogen-bond acceptors (Lipinski definition) is 3. The Labute approximate surface area is 122 Å². The molecular weight excluding hydrogens is 264 g/mol. The summed E-state index contributed by atoms with van der Waals surface area (Å²) in [5.41, 5.74) is 9.50. The van der Waals surface area contributed by atoms with E-state index in [0.717, 1.165) is 16.5 Å². The number of carbonyl (C=O) groups excluding carboxylic acids is 1. The van der Waals surface area contributed by atoms with Gasteiger partial charge in [0, 0.05) is 34.4 Å². The maximum Gasteiger partial charge on any atom is 0.198 e. The second kappa shape index (κ2) is 4.98. The van der Waals surface area contributed by atoms with Crippen molar-refractivity contribution in [3.05, 3.63) is 59.3 Å². The van der Waals surface area contributed by atoms with E-state index in [1.54, 1.807) is 24.4 Å². The zero-order valence-corrected chi connectivity index (χ0v) is 11.9. The molecule has 0 amide bonds. The Morgan fingerprint density at radius 1 is 1.14 bits per heavy atom. The normalized spacial score (nSPS) is 10.8. The van der Waals surface area contributed by atoms with Crippen molar-refractivity contribution in [1.82, 2.24) is 4.98 Å². The number of anilines is 1. The SMILES string of the molecule is COc1cc(N)ccc1C(=O)c1c[nH]c2ccc(C)cc12. The number of aromatic nitrogens is 1. The highest BCUT2D eigenvalue weighted by Crippen LogP contribution is 2.28. The number of benzene rings is 2. The van der Waals surface area contributed by atoms with E-state index in [0.29, 0.717) is 22.6 Å². The van der Waals surface area contributed by atoms with E-state index in [1.165, 1.54) is 7.11 Å². The summed E-state index contributed by atoms with van der Waals surface area (Å²) in [7, 11) is 1.53. The Morgan fingerprint density at radius 3 is 2.71 bits per heavy atom. The molecule has 1 aromatic heterocycles. The molecule has 3 aromatic rings. The lowest BCUT2D eigenvalue weighted by atomic mass is 10.0. The fraction of sp³-hybridized carbons (Fsp3) is 0.118. The van der Waals surface area contributed by atoms with Gasteiger partial charge in [0.05, 0.1) is 12.7 Å². The minimum Gasteiger partial charge on any atom is -0.496 e. The Kier molecular flexibility index (Phi) is 3.14. The van der Waals surface area contributed by atoms with E-state index in [2.05, 4.69) is 4.98 Å². The standard InChI is InChI=1S/C17H16N2O2/c1-10-3-6-15-13(7-10)14(9-19-15)17(20)12-5-4-11(18)8-16(12)21-2/h3-9,19H,18H2,1-2H3. The minimum atomic E-state index is -0.0799. The molecule has 0 fully saturated rings. The van der Waals surface area contributed by atoms with Gasteiger partial charge in [-0.25, -0.2) is 0 Å². The van der Waals surface area contributed by atoms with Crippen molar-refractivity contribution in [3.63, 3.8) is 0 Å². The van der Waals surface area contributed by atoms with Crippen molar-refractivity contribution in [2.75, 3.05) is 12.8 Å². The predicted molar refractivity (Wildman–Crippen MR) is 83.9 cm³/mol. The monoisotopic (exact) mass is 280 g/mol. The average molecular weight is 280 g/mol. The van der Waals surface area contributed by atoms with Gasteiger partial charge in [-0.15, -0.1) is 0 Å². The number of hydrogen-bond donors (Lipinski definition) is 2. The third-order valence-corrected chi connectivity index (χ3v) is 3.55. The van der Waals surface area contributed by atoms with Gasteiger partial charge in [0.2, 0.25) is 0 Å². The lowest BCUT2D eigenvalue weighted by Gasteiger charge is -2.08. The number of fused-ring (bicyclic) bond motifs is 1. The molecule has 0 bridgehead atoms. The molecule has 0 saturated heterocycles. The number of nitrogens with two attached hydrogens (primary N) is 1. The van der Waals surface area contributed by atoms with Gasteiger partial charge < -0.3 is 15.5 Å². The van der Waals surface area contributed by atoms with Crippen LogP contribution in [-0.4, -0.2) is 17.9 Å². The van der Waals surface area contributed by atoms with Crippen molar-refractivity contribution in [2.45, 2.75) is 6.92 Å². The first-order chi connectivity index (χ1) is 10.1. The molecule has 0 aliphatic heterocycles. The van der Waals surface area contributed by atoms with Crippen molar-refractivity contribution < 1.29 is 9.53 Å². The molecule has 106 valence electrons. The van der Waals surface area contributed by atoms with Gasteiger partial charge in [-0.3, -0.25) is 4.79 Å². The van der Waals surface area contributed by atoms with E-state index >= 15 is 0 Å². The summed E-state index contributed by atoms with van der Waals surface area (Å²) >= 11 is 0. The van der Waals surface area contributed by atoms with E-state index in [-0.39, 0.29) is 5.78 Å². The van der Waals surface area contributed by atoms with Crippen LogP contribution in [0.4, 0.5) is 5.69 Å². The predicted octanol–water partition coefficient (Wildman–Crippen LogP) is 3.30. The Hall–Kier alpha value is -2.75. The molecule has 0 radical (unpaired) electrons.